The van der Waals surface area contributed by atoms with Gasteiger partial charge in [0.25, 0.3) is 0 Å². The van der Waals surface area contributed by atoms with E-state index in [2.05, 4.69) is 19.3 Å². The van der Waals surface area contributed by atoms with Gasteiger partial charge in [0.2, 0.25) is 0 Å². The Bertz CT molecular complexity index is 456. The Balaban J connectivity index is 1.97. The van der Waals surface area contributed by atoms with Crippen LogP contribution in [0.2, 0.25) is 5.02 Å². The maximum atomic E-state index is 13.1. The van der Waals surface area contributed by atoms with Crippen LogP contribution in [-0.4, -0.2) is 6.04 Å². The first-order valence-electron chi connectivity index (χ1n) is 7.91. The predicted octanol–water partition coefficient (Wildman–Crippen LogP) is 4.32. The van der Waals surface area contributed by atoms with Gasteiger partial charge in [-0.3, -0.25) is 11.3 Å². The van der Waals surface area contributed by atoms with E-state index in [9.17, 15) is 4.39 Å². The quantitative estimate of drug-likeness (QED) is 0.628. The Labute approximate surface area is 132 Å². The average molecular weight is 313 g/mol. The van der Waals surface area contributed by atoms with Crippen molar-refractivity contribution in [3.63, 3.8) is 0 Å². The Morgan fingerprint density at radius 1 is 1.24 bits per heavy atom. The lowest BCUT2D eigenvalue weighted by atomic mass is 9.74. The molecule has 0 radical (unpaired) electrons. The maximum Gasteiger partial charge on any atom is 0.124 e. The van der Waals surface area contributed by atoms with Gasteiger partial charge in [0.1, 0.15) is 5.82 Å². The monoisotopic (exact) mass is 312 g/mol. The summed E-state index contributed by atoms with van der Waals surface area (Å²) < 4.78 is 13.1. The van der Waals surface area contributed by atoms with Gasteiger partial charge >= 0.3 is 0 Å². The SMILES string of the molecule is CC(C)C1CCC(C(Cc2ccc(F)cc2Cl)NN)CC1. The largest absolute Gasteiger partial charge is 0.271 e. The van der Waals surface area contributed by atoms with E-state index in [4.69, 9.17) is 17.4 Å². The van der Waals surface area contributed by atoms with Crippen LogP contribution in [0.4, 0.5) is 4.39 Å². The number of nitrogens with one attached hydrogen (secondary N) is 1. The molecule has 21 heavy (non-hydrogen) atoms. The van der Waals surface area contributed by atoms with Crippen molar-refractivity contribution in [2.24, 2.45) is 23.6 Å². The van der Waals surface area contributed by atoms with E-state index < -0.39 is 0 Å². The molecular weight excluding hydrogens is 287 g/mol. The van der Waals surface area contributed by atoms with E-state index in [1.165, 1.54) is 37.8 Å². The van der Waals surface area contributed by atoms with Crippen LogP contribution in [0.3, 0.4) is 0 Å². The van der Waals surface area contributed by atoms with Gasteiger partial charge in [0, 0.05) is 11.1 Å². The predicted molar refractivity (Wildman–Crippen MR) is 86.5 cm³/mol. The fraction of sp³-hybridized carbons (Fsp3) is 0.647. The molecule has 118 valence electrons. The molecule has 0 saturated heterocycles. The van der Waals surface area contributed by atoms with Crippen LogP contribution >= 0.6 is 11.6 Å². The van der Waals surface area contributed by atoms with Crippen molar-refractivity contribution in [1.29, 1.82) is 0 Å². The molecule has 0 bridgehead atoms. The number of hydrazine groups is 1. The molecule has 1 aromatic rings. The van der Waals surface area contributed by atoms with E-state index >= 15 is 0 Å². The van der Waals surface area contributed by atoms with Crippen molar-refractivity contribution in [3.05, 3.63) is 34.6 Å². The van der Waals surface area contributed by atoms with Crippen molar-refractivity contribution in [3.8, 4) is 0 Å². The molecule has 2 nitrogen and oxygen atoms in total. The molecule has 4 heteroatoms. The smallest absolute Gasteiger partial charge is 0.124 e. The fourth-order valence-electron chi connectivity index (χ4n) is 3.50. The Hall–Kier alpha value is -0.640. The minimum Gasteiger partial charge on any atom is -0.271 e. The molecule has 1 fully saturated rings. The standard InChI is InChI=1S/C17H26ClFN2/c1-11(2)12-3-5-13(6-4-12)17(21-20)9-14-7-8-15(19)10-16(14)18/h7-8,10-13,17,21H,3-6,9,20H2,1-2H3. The highest BCUT2D eigenvalue weighted by molar-refractivity contribution is 6.31. The number of nitrogens with two attached hydrogens (primary N) is 1. The van der Waals surface area contributed by atoms with Gasteiger partial charge in [-0.1, -0.05) is 31.5 Å². The van der Waals surface area contributed by atoms with Gasteiger partial charge < -0.3 is 0 Å². The van der Waals surface area contributed by atoms with Crippen LogP contribution in [0.5, 0.6) is 0 Å². The van der Waals surface area contributed by atoms with Gasteiger partial charge in [0.05, 0.1) is 0 Å². The first-order valence-corrected chi connectivity index (χ1v) is 8.29. The Morgan fingerprint density at radius 2 is 1.86 bits per heavy atom. The van der Waals surface area contributed by atoms with Gasteiger partial charge in [-0.05, 0) is 67.6 Å². The highest BCUT2D eigenvalue weighted by Crippen LogP contribution is 2.35. The van der Waals surface area contributed by atoms with E-state index in [1.54, 1.807) is 6.07 Å². The summed E-state index contributed by atoms with van der Waals surface area (Å²) in [6, 6.07) is 4.81. The summed E-state index contributed by atoms with van der Waals surface area (Å²) in [4.78, 5) is 0. The minimum absolute atomic E-state index is 0.209. The molecule has 1 aliphatic carbocycles. The second kappa shape index (κ2) is 7.57. The molecule has 0 aliphatic heterocycles. The summed E-state index contributed by atoms with van der Waals surface area (Å²) in [5, 5.41) is 0.492. The second-order valence-corrected chi connectivity index (χ2v) is 7.04. The van der Waals surface area contributed by atoms with Gasteiger partial charge in [-0.15, -0.1) is 0 Å². The zero-order valence-corrected chi connectivity index (χ0v) is 13.7. The van der Waals surface area contributed by atoms with Crippen LogP contribution in [0.15, 0.2) is 18.2 Å². The molecule has 3 N–H and O–H groups in total. The first-order chi connectivity index (χ1) is 10.0. The number of halogens is 2. The summed E-state index contributed by atoms with van der Waals surface area (Å²) >= 11 is 6.13. The molecule has 1 aliphatic rings. The highest BCUT2D eigenvalue weighted by atomic mass is 35.5. The number of rotatable bonds is 5. The van der Waals surface area contributed by atoms with Crippen molar-refractivity contribution in [1.82, 2.24) is 5.43 Å². The minimum atomic E-state index is -0.293. The van der Waals surface area contributed by atoms with Crippen molar-refractivity contribution in [2.45, 2.75) is 52.0 Å². The molecule has 0 heterocycles. The summed E-state index contributed by atoms with van der Waals surface area (Å²) in [5.41, 5.74) is 3.92. The van der Waals surface area contributed by atoms with Crippen LogP contribution < -0.4 is 11.3 Å². The van der Waals surface area contributed by atoms with Gasteiger partial charge in [0.15, 0.2) is 0 Å². The molecule has 1 aromatic carbocycles. The highest BCUT2D eigenvalue weighted by Gasteiger charge is 2.28. The van der Waals surface area contributed by atoms with E-state index in [1.807, 2.05) is 0 Å². The molecule has 1 atom stereocenters. The topological polar surface area (TPSA) is 38.0 Å². The summed E-state index contributed by atoms with van der Waals surface area (Å²) in [6.07, 6.45) is 5.72. The van der Waals surface area contributed by atoms with Crippen LogP contribution in [0.1, 0.15) is 45.1 Å². The third-order valence-corrected chi connectivity index (χ3v) is 5.35. The summed E-state index contributed by atoms with van der Waals surface area (Å²) in [5.74, 6) is 7.65. The van der Waals surface area contributed by atoms with Crippen LogP contribution in [0.25, 0.3) is 0 Å². The van der Waals surface area contributed by atoms with E-state index in [0.29, 0.717) is 10.9 Å². The zero-order chi connectivity index (χ0) is 15.4. The number of hydrogen-bond acceptors (Lipinski definition) is 2. The lowest BCUT2D eigenvalue weighted by molar-refractivity contribution is 0.188. The van der Waals surface area contributed by atoms with Crippen molar-refractivity contribution >= 4 is 11.6 Å². The van der Waals surface area contributed by atoms with E-state index in [0.717, 1.165) is 23.8 Å². The van der Waals surface area contributed by atoms with Crippen LogP contribution in [0, 0.1) is 23.6 Å². The van der Waals surface area contributed by atoms with Gasteiger partial charge in [-0.2, -0.15) is 0 Å². The third kappa shape index (κ3) is 4.41. The molecule has 0 spiro atoms. The number of benzene rings is 1. The normalized spacial score (nSPS) is 24.3. The second-order valence-electron chi connectivity index (χ2n) is 6.63. The number of hydrogen-bond donors (Lipinski definition) is 2. The summed E-state index contributed by atoms with van der Waals surface area (Å²) in [7, 11) is 0. The Morgan fingerprint density at radius 3 is 2.38 bits per heavy atom. The Kier molecular flexibility index (Phi) is 6.03. The van der Waals surface area contributed by atoms with E-state index in [-0.39, 0.29) is 11.9 Å². The molecule has 1 unspecified atom stereocenters. The van der Waals surface area contributed by atoms with Gasteiger partial charge in [-0.25, -0.2) is 4.39 Å². The van der Waals surface area contributed by atoms with Crippen molar-refractivity contribution < 1.29 is 4.39 Å². The zero-order valence-electron chi connectivity index (χ0n) is 12.9. The van der Waals surface area contributed by atoms with Crippen molar-refractivity contribution in [2.75, 3.05) is 0 Å². The lowest BCUT2D eigenvalue weighted by Crippen LogP contribution is -2.44. The van der Waals surface area contributed by atoms with Crippen LogP contribution in [-0.2, 0) is 6.42 Å². The average Bonchev–Trinajstić information content (AvgIpc) is 2.47. The molecule has 2 rings (SSSR count). The summed E-state index contributed by atoms with van der Waals surface area (Å²) in [6.45, 7) is 4.61. The first kappa shape index (κ1) is 16.7. The third-order valence-electron chi connectivity index (χ3n) is 5.00. The molecule has 1 saturated carbocycles. The fourth-order valence-corrected chi connectivity index (χ4v) is 3.74. The maximum absolute atomic E-state index is 13.1. The molecule has 0 amide bonds. The lowest BCUT2D eigenvalue weighted by Gasteiger charge is -2.35. The molecule has 0 aromatic heterocycles. The molecular formula is C17H26ClFN2.